The molecule has 0 bridgehead atoms. The van der Waals surface area contributed by atoms with Gasteiger partial charge in [0.2, 0.25) is 0 Å². The quantitative estimate of drug-likeness (QED) is 0.798. The van der Waals surface area contributed by atoms with Crippen LogP contribution in [-0.4, -0.2) is 20.8 Å². The zero-order valence-corrected chi connectivity index (χ0v) is 12.9. The van der Waals surface area contributed by atoms with Crippen LogP contribution in [0.5, 0.6) is 11.5 Å². The first-order valence-corrected chi connectivity index (χ1v) is 7.17. The van der Waals surface area contributed by atoms with E-state index in [0.717, 1.165) is 36.6 Å². The summed E-state index contributed by atoms with van der Waals surface area (Å²) < 4.78 is 10.5. The number of rotatable bonds is 7. The second kappa shape index (κ2) is 8.06. The summed E-state index contributed by atoms with van der Waals surface area (Å²) >= 11 is 0. The van der Waals surface area contributed by atoms with Gasteiger partial charge in [-0.15, -0.1) is 0 Å². The zero-order valence-electron chi connectivity index (χ0n) is 12.9. The van der Waals surface area contributed by atoms with Crippen molar-refractivity contribution in [2.45, 2.75) is 13.0 Å². The number of nitriles is 1. The summed E-state index contributed by atoms with van der Waals surface area (Å²) in [5, 5.41) is 12.3. The lowest BCUT2D eigenvalue weighted by Crippen LogP contribution is -2.16. The van der Waals surface area contributed by atoms with Crippen LogP contribution in [0.3, 0.4) is 0 Å². The number of ether oxygens (including phenoxy) is 2. The highest BCUT2D eigenvalue weighted by molar-refractivity contribution is 5.43. The number of methoxy groups -OCH3 is 2. The van der Waals surface area contributed by atoms with E-state index in [9.17, 15) is 0 Å². The summed E-state index contributed by atoms with van der Waals surface area (Å²) in [5.74, 6) is 1.49. The van der Waals surface area contributed by atoms with Gasteiger partial charge in [0.25, 0.3) is 0 Å². The van der Waals surface area contributed by atoms with Crippen LogP contribution >= 0.6 is 0 Å². The first kappa shape index (κ1) is 15.9. The van der Waals surface area contributed by atoms with Crippen LogP contribution < -0.4 is 14.8 Å². The van der Waals surface area contributed by atoms with E-state index in [4.69, 9.17) is 14.7 Å². The molecule has 0 fully saturated rings. The topological polar surface area (TPSA) is 54.3 Å². The molecule has 0 spiro atoms. The zero-order chi connectivity index (χ0) is 15.8. The standard InChI is InChI=1S/C18H20N2O2/c1-21-17-7-6-14(11-18(17)22-2)8-9-20-13-16-5-3-4-15(10-16)12-19/h3-7,10-11,20H,8-9,13H2,1-2H3. The highest BCUT2D eigenvalue weighted by Crippen LogP contribution is 2.27. The fourth-order valence-corrected chi connectivity index (χ4v) is 2.25. The summed E-state index contributed by atoms with van der Waals surface area (Å²) in [7, 11) is 3.27. The van der Waals surface area contributed by atoms with E-state index >= 15 is 0 Å². The van der Waals surface area contributed by atoms with Gasteiger partial charge in [0.15, 0.2) is 11.5 Å². The lowest BCUT2D eigenvalue weighted by atomic mass is 10.1. The molecule has 0 amide bonds. The van der Waals surface area contributed by atoms with Gasteiger partial charge in [0.05, 0.1) is 25.9 Å². The molecule has 4 nitrogen and oxygen atoms in total. The Morgan fingerprint density at radius 2 is 1.82 bits per heavy atom. The van der Waals surface area contributed by atoms with Gasteiger partial charge in [-0.2, -0.15) is 5.26 Å². The Labute approximate surface area is 131 Å². The van der Waals surface area contributed by atoms with Gasteiger partial charge in [-0.3, -0.25) is 0 Å². The first-order chi connectivity index (χ1) is 10.8. The Bertz CT molecular complexity index is 662. The molecular formula is C18H20N2O2. The molecule has 0 aliphatic carbocycles. The Kier molecular flexibility index (Phi) is 5.81. The lowest BCUT2D eigenvalue weighted by Gasteiger charge is -2.10. The lowest BCUT2D eigenvalue weighted by molar-refractivity contribution is 0.354. The molecule has 2 aromatic rings. The molecule has 0 aliphatic rings. The van der Waals surface area contributed by atoms with Gasteiger partial charge in [-0.05, 0) is 48.4 Å². The molecule has 0 saturated heterocycles. The van der Waals surface area contributed by atoms with E-state index in [1.807, 2.05) is 42.5 Å². The largest absolute Gasteiger partial charge is 0.493 e. The van der Waals surface area contributed by atoms with Crippen molar-refractivity contribution in [2.24, 2.45) is 0 Å². The van der Waals surface area contributed by atoms with E-state index in [1.165, 1.54) is 5.56 Å². The number of hydrogen-bond acceptors (Lipinski definition) is 4. The molecule has 0 radical (unpaired) electrons. The van der Waals surface area contributed by atoms with E-state index in [-0.39, 0.29) is 0 Å². The summed E-state index contributed by atoms with van der Waals surface area (Å²) in [6.45, 7) is 1.61. The Morgan fingerprint density at radius 1 is 1.00 bits per heavy atom. The van der Waals surface area contributed by atoms with E-state index < -0.39 is 0 Å². The predicted octanol–water partition coefficient (Wildman–Crippen LogP) is 2.91. The molecule has 0 atom stereocenters. The van der Waals surface area contributed by atoms with E-state index in [2.05, 4.69) is 11.4 Å². The van der Waals surface area contributed by atoms with Gasteiger partial charge >= 0.3 is 0 Å². The molecule has 1 N–H and O–H groups in total. The maximum atomic E-state index is 8.88. The number of nitrogens with zero attached hydrogens (tertiary/aromatic N) is 1. The van der Waals surface area contributed by atoms with Crippen molar-refractivity contribution in [1.82, 2.24) is 5.32 Å². The van der Waals surface area contributed by atoms with Gasteiger partial charge in [0, 0.05) is 6.54 Å². The number of nitrogens with one attached hydrogen (secondary N) is 1. The second-order valence-corrected chi connectivity index (χ2v) is 4.93. The third kappa shape index (κ3) is 4.24. The molecule has 2 aromatic carbocycles. The van der Waals surface area contributed by atoms with Crippen molar-refractivity contribution in [3.8, 4) is 17.6 Å². The van der Waals surface area contributed by atoms with Crippen LogP contribution in [0, 0.1) is 11.3 Å². The van der Waals surface area contributed by atoms with Crippen LogP contribution in [0.1, 0.15) is 16.7 Å². The van der Waals surface area contributed by atoms with Crippen molar-refractivity contribution in [3.63, 3.8) is 0 Å². The number of benzene rings is 2. The molecule has 0 heterocycles. The molecular weight excluding hydrogens is 276 g/mol. The van der Waals surface area contributed by atoms with Gasteiger partial charge in [-0.1, -0.05) is 18.2 Å². The maximum absolute atomic E-state index is 8.88. The normalized spacial score (nSPS) is 10.0. The Morgan fingerprint density at radius 3 is 2.55 bits per heavy atom. The summed E-state index contributed by atoms with van der Waals surface area (Å²) in [6, 6.07) is 15.8. The van der Waals surface area contributed by atoms with Crippen molar-refractivity contribution in [2.75, 3.05) is 20.8 Å². The molecule has 0 aliphatic heterocycles. The van der Waals surface area contributed by atoms with Crippen molar-refractivity contribution >= 4 is 0 Å². The van der Waals surface area contributed by atoms with Crippen LogP contribution in [0.4, 0.5) is 0 Å². The molecule has 114 valence electrons. The molecule has 0 unspecified atom stereocenters. The SMILES string of the molecule is COc1ccc(CCNCc2cccc(C#N)c2)cc1OC. The average Bonchev–Trinajstić information content (AvgIpc) is 2.58. The van der Waals surface area contributed by atoms with E-state index in [0.29, 0.717) is 5.56 Å². The summed E-state index contributed by atoms with van der Waals surface area (Å²) in [4.78, 5) is 0. The second-order valence-electron chi connectivity index (χ2n) is 4.93. The predicted molar refractivity (Wildman–Crippen MR) is 86.1 cm³/mol. The average molecular weight is 296 g/mol. The Hall–Kier alpha value is -2.51. The Balaban J connectivity index is 1.85. The van der Waals surface area contributed by atoms with Crippen molar-refractivity contribution in [3.05, 3.63) is 59.2 Å². The number of hydrogen-bond donors (Lipinski definition) is 1. The summed E-state index contributed by atoms with van der Waals surface area (Å²) in [5.41, 5.74) is 3.00. The fourth-order valence-electron chi connectivity index (χ4n) is 2.25. The summed E-state index contributed by atoms with van der Waals surface area (Å²) in [6.07, 6.45) is 0.901. The van der Waals surface area contributed by atoms with E-state index in [1.54, 1.807) is 14.2 Å². The van der Waals surface area contributed by atoms with Crippen molar-refractivity contribution < 1.29 is 9.47 Å². The monoisotopic (exact) mass is 296 g/mol. The molecule has 0 saturated carbocycles. The third-order valence-electron chi connectivity index (χ3n) is 3.42. The third-order valence-corrected chi connectivity index (χ3v) is 3.42. The minimum absolute atomic E-state index is 0.694. The van der Waals surface area contributed by atoms with Gasteiger partial charge < -0.3 is 14.8 Å². The van der Waals surface area contributed by atoms with Gasteiger partial charge in [-0.25, -0.2) is 0 Å². The van der Waals surface area contributed by atoms with Gasteiger partial charge in [0.1, 0.15) is 0 Å². The minimum atomic E-state index is 0.694. The van der Waals surface area contributed by atoms with Crippen LogP contribution in [0.2, 0.25) is 0 Å². The highest BCUT2D eigenvalue weighted by atomic mass is 16.5. The van der Waals surface area contributed by atoms with Crippen LogP contribution in [-0.2, 0) is 13.0 Å². The van der Waals surface area contributed by atoms with Crippen molar-refractivity contribution in [1.29, 1.82) is 5.26 Å². The molecule has 0 aromatic heterocycles. The maximum Gasteiger partial charge on any atom is 0.160 e. The molecule has 2 rings (SSSR count). The smallest absolute Gasteiger partial charge is 0.160 e. The fraction of sp³-hybridized carbons (Fsp3) is 0.278. The van der Waals surface area contributed by atoms with Crippen LogP contribution in [0.25, 0.3) is 0 Å². The van der Waals surface area contributed by atoms with Crippen LogP contribution in [0.15, 0.2) is 42.5 Å². The molecule has 4 heteroatoms. The molecule has 22 heavy (non-hydrogen) atoms. The first-order valence-electron chi connectivity index (χ1n) is 7.17. The highest BCUT2D eigenvalue weighted by Gasteiger charge is 2.04. The minimum Gasteiger partial charge on any atom is -0.493 e.